The van der Waals surface area contributed by atoms with Crippen molar-refractivity contribution in [2.75, 3.05) is 5.32 Å². The monoisotopic (exact) mass is 364 g/mol. The summed E-state index contributed by atoms with van der Waals surface area (Å²) in [6.07, 6.45) is 0.677. The molecule has 0 bridgehead atoms. The molecule has 2 aromatic rings. The number of amides is 1. The van der Waals surface area contributed by atoms with E-state index in [1.54, 1.807) is 13.8 Å². The van der Waals surface area contributed by atoms with E-state index in [1.807, 2.05) is 6.92 Å². The van der Waals surface area contributed by atoms with E-state index in [4.69, 9.17) is 0 Å². The number of carbonyl (C=O) groups excluding carboxylic acids is 1. The molecule has 0 fully saturated rings. The SMILES string of the molecule is CC[C@H](C)NS(=O)(=O)c1ccc(C(=O)Nc2ccc(F)cc2C)cc1. The number of sulfonamides is 1. The molecule has 0 aliphatic carbocycles. The minimum Gasteiger partial charge on any atom is -0.322 e. The van der Waals surface area contributed by atoms with Crippen LogP contribution in [0.5, 0.6) is 0 Å². The molecule has 0 aliphatic rings. The number of hydrogen-bond acceptors (Lipinski definition) is 3. The van der Waals surface area contributed by atoms with Crippen LogP contribution < -0.4 is 10.0 Å². The van der Waals surface area contributed by atoms with Gasteiger partial charge in [0.25, 0.3) is 5.91 Å². The van der Waals surface area contributed by atoms with Gasteiger partial charge >= 0.3 is 0 Å². The maximum absolute atomic E-state index is 13.1. The molecule has 0 heterocycles. The Balaban J connectivity index is 2.15. The first-order valence-electron chi connectivity index (χ1n) is 7.93. The summed E-state index contributed by atoms with van der Waals surface area (Å²) < 4.78 is 40.1. The van der Waals surface area contributed by atoms with Crippen LogP contribution in [0.25, 0.3) is 0 Å². The van der Waals surface area contributed by atoms with Crippen molar-refractivity contribution < 1.29 is 17.6 Å². The fourth-order valence-corrected chi connectivity index (χ4v) is 3.49. The summed E-state index contributed by atoms with van der Waals surface area (Å²) in [4.78, 5) is 12.4. The van der Waals surface area contributed by atoms with Gasteiger partial charge in [0.2, 0.25) is 10.0 Å². The van der Waals surface area contributed by atoms with Crippen molar-refractivity contribution in [1.82, 2.24) is 4.72 Å². The van der Waals surface area contributed by atoms with E-state index in [0.717, 1.165) is 0 Å². The van der Waals surface area contributed by atoms with Gasteiger partial charge in [0.1, 0.15) is 5.82 Å². The van der Waals surface area contributed by atoms with Crippen LogP contribution >= 0.6 is 0 Å². The average Bonchev–Trinajstić information content (AvgIpc) is 2.57. The maximum Gasteiger partial charge on any atom is 0.255 e. The first kappa shape index (κ1) is 19.1. The molecule has 1 atom stereocenters. The topological polar surface area (TPSA) is 75.3 Å². The number of benzene rings is 2. The normalized spacial score (nSPS) is 12.6. The van der Waals surface area contributed by atoms with Gasteiger partial charge in [-0.25, -0.2) is 17.5 Å². The zero-order valence-electron chi connectivity index (χ0n) is 14.3. The Labute approximate surface area is 147 Å². The molecule has 0 aliphatic heterocycles. The van der Waals surface area contributed by atoms with Crippen LogP contribution in [0.15, 0.2) is 47.4 Å². The van der Waals surface area contributed by atoms with E-state index in [9.17, 15) is 17.6 Å². The molecule has 0 saturated heterocycles. The fraction of sp³-hybridized carbons (Fsp3) is 0.278. The highest BCUT2D eigenvalue weighted by Crippen LogP contribution is 2.18. The van der Waals surface area contributed by atoms with E-state index >= 15 is 0 Å². The van der Waals surface area contributed by atoms with Gasteiger partial charge in [-0.15, -0.1) is 0 Å². The van der Waals surface area contributed by atoms with Crippen LogP contribution in [0, 0.1) is 12.7 Å². The Morgan fingerprint density at radius 3 is 2.36 bits per heavy atom. The number of aryl methyl sites for hydroxylation is 1. The molecular formula is C18H21FN2O3S. The molecule has 0 saturated carbocycles. The largest absolute Gasteiger partial charge is 0.322 e. The number of anilines is 1. The van der Waals surface area contributed by atoms with Gasteiger partial charge in [-0.05, 0) is 68.3 Å². The van der Waals surface area contributed by atoms with Gasteiger partial charge in [0, 0.05) is 17.3 Å². The second-order valence-corrected chi connectivity index (χ2v) is 7.58. The van der Waals surface area contributed by atoms with Crippen LogP contribution in [-0.2, 0) is 10.0 Å². The Morgan fingerprint density at radius 1 is 1.16 bits per heavy atom. The second kappa shape index (κ2) is 7.76. The lowest BCUT2D eigenvalue weighted by Gasteiger charge is -2.12. The van der Waals surface area contributed by atoms with Gasteiger partial charge in [0.05, 0.1) is 4.90 Å². The molecule has 2 aromatic carbocycles. The lowest BCUT2D eigenvalue weighted by molar-refractivity contribution is 0.102. The Kier molecular flexibility index (Phi) is 5.92. The quantitative estimate of drug-likeness (QED) is 0.824. The first-order chi connectivity index (χ1) is 11.7. The standard InChI is InChI=1S/C18H21FN2O3S/c1-4-13(3)21-25(23,24)16-8-5-14(6-9-16)18(22)20-17-10-7-15(19)11-12(17)2/h5-11,13,21H,4H2,1-3H3,(H,20,22)/t13-/m0/s1. The summed E-state index contributed by atoms with van der Waals surface area (Å²) in [5, 5.41) is 2.68. The molecule has 2 N–H and O–H groups in total. The number of rotatable bonds is 6. The van der Waals surface area contributed by atoms with Gasteiger partial charge < -0.3 is 5.32 Å². The third kappa shape index (κ3) is 4.87. The van der Waals surface area contributed by atoms with Gasteiger partial charge in [-0.3, -0.25) is 4.79 Å². The molecule has 7 heteroatoms. The molecule has 0 unspecified atom stereocenters. The number of halogens is 1. The van der Waals surface area contributed by atoms with E-state index < -0.39 is 15.9 Å². The van der Waals surface area contributed by atoms with Gasteiger partial charge in [-0.1, -0.05) is 6.92 Å². The van der Waals surface area contributed by atoms with E-state index in [1.165, 1.54) is 42.5 Å². The van der Waals surface area contributed by atoms with Crippen molar-refractivity contribution in [3.8, 4) is 0 Å². The smallest absolute Gasteiger partial charge is 0.255 e. The van der Waals surface area contributed by atoms with Crippen molar-refractivity contribution in [3.63, 3.8) is 0 Å². The van der Waals surface area contributed by atoms with E-state index in [0.29, 0.717) is 23.2 Å². The molecule has 2 rings (SSSR count). The molecule has 0 aromatic heterocycles. The zero-order chi connectivity index (χ0) is 18.6. The molecule has 25 heavy (non-hydrogen) atoms. The fourth-order valence-electron chi connectivity index (χ4n) is 2.16. The van der Waals surface area contributed by atoms with Gasteiger partial charge in [0.15, 0.2) is 0 Å². The highest BCUT2D eigenvalue weighted by Gasteiger charge is 2.17. The minimum atomic E-state index is -3.61. The molecular weight excluding hydrogens is 343 g/mol. The van der Waals surface area contributed by atoms with Crippen molar-refractivity contribution in [2.24, 2.45) is 0 Å². The Morgan fingerprint density at radius 2 is 1.80 bits per heavy atom. The molecule has 0 spiro atoms. The lowest BCUT2D eigenvalue weighted by Crippen LogP contribution is -2.32. The highest BCUT2D eigenvalue weighted by atomic mass is 32.2. The Hall–Kier alpha value is -2.25. The summed E-state index contributed by atoms with van der Waals surface area (Å²) in [6, 6.07) is 9.56. The summed E-state index contributed by atoms with van der Waals surface area (Å²) in [5.41, 5.74) is 1.41. The van der Waals surface area contributed by atoms with Crippen molar-refractivity contribution in [2.45, 2.75) is 38.1 Å². The molecule has 134 valence electrons. The maximum atomic E-state index is 13.1. The predicted molar refractivity (Wildman–Crippen MR) is 95.6 cm³/mol. The third-order valence-electron chi connectivity index (χ3n) is 3.83. The van der Waals surface area contributed by atoms with Crippen molar-refractivity contribution in [1.29, 1.82) is 0 Å². The molecule has 1 amide bonds. The summed E-state index contributed by atoms with van der Waals surface area (Å²) in [6.45, 7) is 5.36. The second-order valence-electron chi connectivity index (χ2n) is 5.87. The summed E-state index contributed by atoms with van der Waals surface area (Å²) >= 11 is 0. The summed E-state index contributed by atoms with van der Waals surface area (Å²) in [5.74, 6) is -0.771. The van der Waals surface area contributed by atoms with Crippen LogP contribution in [-0.4, -0.2) is 20.4 Å². The predicted octanol–water partition coefficient (Wildman–Crippen LogP) is 3.46. The number of carbonyl (C=O) groups is 1. The van der Waals surface area contributed by atoms with Crippen molar-refractivity contribution in [3.05, 3.63) is 59.4 Å². The highest BCUT2D eigenvalue weighted by molar-refractivity contribution is 7.89. The number of nitrogens with one attached hydrogen (secondary N) is 2. The molecule has 5 nitrogen and oxygen atoms in total. The average molecular weight is 364 g/mol. The third-order valence-corrected chi connectivity index (χ3v) is 5.44. The lowest BCUT2D eigenvalue weighted by atomic mass is 10.1. The van der Waals surface area contributed by atoms with E-state index in [-0.39, 0.29) is 16.8 Å². The van der Waals surface area contributed by atoms with Gasteiger partial charge in [-0.2, -0.15) is 0 Å². The molecule has 0 radical (unpaired) electrons. The van der Waals surface area contributed by atoms with Crippen LogP contribution in [0.2, 0.25) is 0 Å². The minimum absolute atomic E-state index is 0.0994. The van der Waals surface area contributed by atoms with E-state index in [2.05, 4.69) is 10.0 Å². The Bertz CT molecular complexity index is 864. The van der Waals surface area contributed by atoms with Crippen molar-refractivity contribution >= 4 is 21.6 Å². The van der Waals surface area contributed by atoms with Crippen LogP contribution in [0.3, 0.4) is 0 Å². The number of hydrogen-bond donors (Lipinski definition) is 2. The zero-order valence-corrected chi connectivity index (χ0v) is 15.2. The van der Waals surface area contributed by atoms with Crippen LogP contribution in [0.4, 0.5) is 10.1 Å². The van der Waals surface area contributed by atoms with Crippen LogP contribution in [0.1, 0.15) is 36.2 Å². The summed E-state index contributed by atoms with van der Waals surface area (Å²) in [7, 11) is -3.61. The first-order valence-corrected chi connectivity index (χ1v) is 9.41.